The van der Waals surface area contributed by atoms with Gasteiger partial charge in [0.05, 0.1) is 18.5 Å². The number of ketones is 1. The molecule has 6 unspecified atom stereocenters. The number of Topliss-reactive ketones (excluding diaryl/α,β-unsaturated/α-hetero) is 1. The largest absolute Gasteiger partial charge is 0.367 e. The van der Waals surface area contributed by atoms with Gasteiger partial charge in [0.25, 0.3) is 0 Å². The molecule has 1 aromatic rings. The number of amides is 2. The van der Waals surface area contributed by atoms with E-state index in [2.05, 4.69) is 17.5 Å². The summed E-state index contributed by atoms with van der Waals surface area (Å²) >= 11 is 0. The highest BCUT2D eigenvalue weighted by atomic mass is 16.2. The monoisotopic (exact) mass is 336 g/mol. The fourth-order valence-electron chi connectivity index (χ4n) is 5.19. The molecule has 2 bridgehead atoms. The molecule has 1 heterocycles. The summed E-state index contributed by atoms with van der Waals surface area (Å²) in [5, 5.41) is 3.14. The van der Waals surface area contributed by atoms with Crippen LogP contribution in [-0.2, 0) is 9.59 Å². The molecule has 5 nitrogen and oxygen atoms in total. The standard InChI is InChI=1S/C20H20N2O3/c1-10(23)11-3-2-4-12(7-11)21-9-22-19(24)17-13-5-6-14(16-8-15(13)16)18(17)20(22)25/h2-7,13-18,21H,8-9H2,1H3. The Morgan fingerprint density at radius 2 is 1.76 bits per heavy atom. The zero-order chi connectivity index (χ0) is 17.3. The minimum Gasteiger partial charge on any atom is -0.367 e. The van der Waals surface area contributed by atoms with Crippen LogP contribution in [0.4, 0.5) is 5.69 Å². The number of imide groups is 1. The number of rotatable bonds is 4. The molecule has 4 aliphatic carbocycles. The molecular formula is C20H20N2O3. The summed E-state index contributed by atoms with van der Waals surface area (Å²) < 4.78 is 0. The van der Waals surface area contributed by atoms with Gasteiger partial charge in [0, 0.05) is 11.3 Å². The molecule has 25 heavy (non-hydrogen) atoms. The van der Waals surface area contributed by atoms with Crippen molar-refractivity contribution < 1.29 is 14.4 Å². The Hall–Kier alpha value is -2.43. The molecule has 3 fully saturated rings. The van der Waals surface area contributed by atoms with Crippen molar-refractivity contribution in [1.82, 2.24) is 4.90 Å². The second-order valence-electron chi connectivity index (χ2n) is 7.73. The predicted octanol–water partition coefficient (Wildman–Crippen LogP) is 2.31. The Kier molecular flexibility index (Phi) is 3.00. The lowest BCUT2D eigenvalue weighted by molar-refractivity contribution is -0.139. The molecule has 6 atom stereocenters. The van der Waals surface area contributed by atoms with E-state index in [9.17, 15) is 14.4 Å². The average molecular weight is 336 g/mol. The molecular weight excluding hydrogens is 316 g/mol. The fourth-order valence-corrected chi connectivity index (χ4v) is 5.19. The molecule has 128 valence electrons. The van der Waals surface area contributed by atoms with Crippen molar-refractivity contribution in [2.75, 3.05) is 12.0 Å². The number of hydrogen-bond donors (Lipinski definition) is 1. The van der Waals surface area contributed by atoms with Crippen molar-refractivity contribution in [3.05, 3.63) is 42.0 Å². The van der Waals surface area contributed by atoms with E-state index >= 15 is 0 Å². The van der Waals surface area contributed by atoms with Gasteiger partial charge in [-0.1, -0.05) is 24.3 Å². The second kappa shape index (κ2) is 5.04. The van der Waals surface area contributed by atoms with Gasteiger partial charge in [0.15, 0.2) is 5.78 Å². The van der Waals surface area contributed by atoms with Crippen molar-refractivity contribution in [1.29, 1.82) is 0 Å². The highest BCUT2D eigenvalue weighted by molar-refractivity contribution is 6.06. The van der Waals surface area contributed by atoms with Crippen LogP contribution in [0.5, 0.6) is 0 Å². The van der Waals surface area contributed by atoms with Gasteiger partial charge in [-0.05, 0) is 49.1 Å². The molecule has 0 radical (unpaired) electrons. The average Bonchev–Trinajstić information content (AvgIpc) is 3.39. The minimum atomic E-state index is -0.156. The third kappa shape index (κ3) is 2.04. The Morgan fingerprint density at radius 3 is 2.36 bits per heavy atom. The number of benzene rings is 1. The van der Waals surface area contributed by atoms with Gasteiger partial charge in [-0.3, -0.25) is 19.3 Å². The van der Waals surface area contributed by atoms with E-state index in [0.717, 1.165) is 5.69 Å². The lowest BCUT2D eigenvalue weighted by Gasteiger charge is -2.37. The summed E-state index contributed by atoms with van der Waals surface area (Å²) in [4.78, 5) is 38.6. The van der Waals surface area contributed by atoms with Crippen molar-refractivity contribution in [2.45, 2.75) is 13.3 Å². The Labute approximate surface area is 146 Å². The van der Waals surface area contributed by atoms with Gasteiger partial charge < -0.3 is 5.32 Å². The Morgan fingerprint density at radius 1 is 1.12 bits per heavy atom. The van der Waals surface area contributed by atoms with E-state index in [1.54, 1.807) is 18.2 Å². The predicted molar refractivity (Wildman–Crippen MR) is 91.5 cm³/mol. The molecule has 1 aliphatic heterocycles. The summed E-state index contributed by atoms with van der Waals surface area (Å²) in [5.41, 5.74) is 1.35. The normalized spacial score (nSPS) is 37.1. The second-order valence-corrected chi connectivity index (χ2v) is 7.73. The molecule has 0 aromatic heterocycles. The van der Waals surface area contributed by atoms with E-state index < -0.39 is 0 Å². The van der Waals surface area contributed by atoms with Gasteiger partial charge >= 0.3 is 0 Å². The van der Waals surface area contributed by atoms with Crippen LogP contribution in [0, 0.1) is 35.5 Å². The third-order valence-electron chi connectivity index (χ3n) is 6.46. The summed E-state index contributed by atoms with van der Waals surface area (Å²) in [7, 11) is 0. The number of allylic oxidation sites excluding steroid dienone is 2. The quantitative estimate of drug-likeness (QED) is 0.520. The summed E-state index contributed by atoms with van der Waals surface area (Å²) in [6.45, 7) is 1.69. The van der Waals surface area contributed by atoms with Crippen LogP contribution in [0.1, 0.15) is 23.7 Å². The topological polar surface area (TPSA) is 66.5 Å². The molecule has 1 saturated heterocycles. The Bertz CT molecular complexity index is 794. The van der Waals surface area contributed by atoms with Crippen molar-refractivity contribution >= 4 is 23.3 Å². The van der Waals surface area contributed by atoms with E-state index in [1.807, 2.05) is 6.07 Å². The van der Waals surface area contributed by atoms with Gasteiger partial charge in [-0.2, -0.15) is 0 Å². The van der Waals surface area contributed by atoms with Crippen molar-refractivity contribution in [3.8, 4) is 0 Å². The first-order valence-electron chi connectivity index (χ1n) is 8.94. The maximum absolute atomic E-state index is 12.9. The van der Waals surface area contributed by atoms with Crippen LogP contribution in [0.15, 0.2) is 36.4 Å². The molecule has 5 aliphatic rings. The molecule has 2 amide bonds. The van der Waals surface area contributed by atoms with E-state index in [-0.39, 0.29) is 47.9 Å². The first-order chi connectivity index (χ1) is 12.1. The number of likely N-dealkylation sites (tertiary alicyclic amines) is 1. The molecule has 1 N–H and O–H groups in total. The number of carbonyl (C=O) groups excluding carboxylic acids is 3. The molecule has 6 rings (SSSR count). The number of nitrogens with one attached hydrogen (secondary N) is 1. The van der Waals surface area contributed by atoms with Crippen LogP contribution in [0.3, 0.4) is 0 Å². The smallest absolute Gasteiger partial charge is 0.235 e. The third-order valence-corrected chi connectivity index (χ3v) is 6.46. The van der Waals surface area contributed by atoms with Crippen LogP contribution >= 0.6 is 0 Å². The van der Waals surface area contributed by atoms with Gasteiger partial charge in [0.1, 0.15) is 0 Å². The van der Waals surface area contributed by atoms with Gasteiger partial charge in [-0.25, -0.2) is 0 Å². The Balaban J connectivity index is 1.34. The molecule has 0 spiro atoms. The fraction of sp³-hybridized carbons (Fsp3) is 0.450. The number of nitrogens with zero attached hydrogens (tertiary/aromatic N) is 1. The van der Waals surface area contributed by atoms with Crippen LogP contribution < -0.4 is 5.32 Å². The lowest BCUT2D eigenvalue weighted by Crippen LogP contribution is -2.40. The summed E-state index contributed by atoms with van der Waals surface area (Å²) in [5.74, 6) is 1.36. The molecule has 5 heteroatoms. The maximum atomic E-state index is 12.9. The maximum Gasteiger partial charge on any atom is 0.235 e. The first-order valence-corrected chi connectivity index (χ1v) is 8.94. The first kappa shape index (κ1) is 14.9. The molecule has 2 saturated carbocycles. The minimum absolute atomic E-state index is 0.00938. The highest BCUT2D eigenvalue weighted by Crippen LogP contribution is 2.65. The summed E-state index contributed by atoms with van der Waals surface area (Å²) in [6, 6.07) is 7.14. The summed E-state index contributed by atoms with van der Waals surface area (Å²) in [6.07, 6.45) is 5.53. The molecule has 1 aromatic carbocycles. The zero-order valence-electron chi connectivity index (χ0n) is 14.0. The van der Waals surface area contributed by atoms with Crippen LogP contribution in [0.2, 0.25) is 0 Å². The van der Waals surface area contributed by atoms with Gasteiger partial charge in [0.2, 0.25) is 11.8 Å². The van der Waals surface area contributed by atoms with Crippen LogP contribution in [0.25, 0.3) is 0 Å². The van der Waals surface area contributed by atoms with E-state index in [4.69, 9.17) is 0 Å². The number of anilines is 1. The lowest BCUT2D eigenvalue weighted by atomic mass is 9.63. The van der Waals surface area contributed by atoms with E-state index in [1.165, 1.54) is 18.2 Å². The highest BCUT2D eigenvalue weighted by Gasteiger charge is 2.66. The van der Waals surface area contributed by atoms with Gasteiger partial charge in [-0.15, -0.1) is 0 Å². The zero-order valence-corrected chi connectivity index (χ0v) is 14.0. The van der Waals surface area contributed by atoms with Crippen LogP contribution in [-0.4, -0.2) is 29.2 Å². The van der Waals surface area contributed by atoms with E-state index in [0.29, 0.717) is 17.4 Å². The number of carbonyl (C=O) groups is 3. The van der Waals surface area contributed by atoms with Crippen molar-refractivity contribution in [2.24, 2.45) is 35.5 Å². The number of hydrogen-bond acceptors (Lipinski definition) is 4. The van der Waals surface area contributed by atoms with Crippen molar-refractivity contribution in [3.63, 3.8) is 0 Å². The SMILES string of the molecule is CC(=O)c1cccc(NCN2C(=O)C3C4C=CC(C5CC45)C3C2=O)c1.